The highest BCUT2D eigenvalue weighted by atomic mass is 16.5. The van der Waals surface area contributed by atoms with Gasteiger partial charge in [0.1, 0.15) is 0 Å². The van der Waals surface area contributed by atoms with E-state index in [1.54, 1.807) is 0 Å². The molecule has 6 nitrogen and oxygen atoms in total. The highest BCUT2D eigenvalue weighted by molar-refractivity contribution is 5.84. The van der Waals surface area contributed by atoms with Gasteiger partial charge in [0, 0.05) is 31.1 Å². The third-order valence-corrected chi connectivity index (χ3v) is 3.77. The molecule has 0 aromatic heterocycles. The van der Waals surface area contributed by atoms with Crippen LogP contribution in [0.1, 0.15) is 27.2 Å². The zero-order valence-electron chi connectivity index (χ0n) is 12.6. The lowest BCUT2D eigenvalue weighted by molar-refractivity contribution is -0.137. The number of nitrogens with zero attached hydrogens (tertiary/aromatic N) is 1. The molecule has 0 aromatic carbocycles. The molecule has 20 heavy (non-hydrogen) atoms. The lowest BCUT2D eigenvalue weighted by Gasteiger charge is -2.29. The average molecular weight is 283 g/mol. The topological polar surface area (TPSA) is 70.7 Å². The number of ether oxygens (including phenoxy) is 1. The second-order valence-corrected chi connectivity index (χ2v) is 6.55. The van der Waals surface area contributed by atoms with E-state index in [9.17, 15) is 9.59 Å². The minimum atomic E-state index is -0.397. The van der Waals surface area contributed by atoms with Gasteiger partial charge in [0.2, 0.25) is 11.8 Å². The minimum Gasteiger partial charge on any atom is -0.378 e. The molecule has 0 aromatic rings. The van der Waals surface area contributed by atoms with Crippen LogP contribution < -0.4 is 10.6 Å². The van der Waals surface area contributed by atoms with E-state index in [-0.39, 0.29) is 23.9 Å². The molecule has 0 aliphatic carbocycles. The van der Waals surface area contributed by atoms with Crippen LogP contribution in [0.3, 0.4) is 0 Å². The van der Waals surface area contributed by atoms with Crippen LogP contribution in [0.15, 0.2) is 0 Å². The van der Waals surface area contributed by atoms with Crippen LogP contribution in [-0.2, 0) is 14.3 Å². The summed E-state index contributed by atoms with van der Waals surface area (Å²) in [6, 6.07) is -0.143. The zero-order valence-corrected chi connectivity index (χ0v) is 12.6. The molecule has 2 atom stereocenters. The average Bonchev–Trinajstić information content (AvgIpc) is 2.86. The van der Waals surface area contributed by atoms with Gasteiger partial charge in [-0.05, 0) is 6.42 Å². The molecule has 0 unspecified atom stereocenters. The summed E-state index contributed by atoms with van der Waals surface area (Å²) in [7, 11) is 0. The lowest BCUT2D eigenvalue weighted by Crippen LogP contribution is -2.48. The summed E-state index contributed by atoms with van der Waals surface area (Å²) < 4.78 is 5.25. The molecule has 0 saturated carbocycles. The molecule has 2 rings (SSSR count). The first kappa shape index (κ1) is 15.3. The summed E-state index contributed by atoms with van der Waals surface area (Å²) in [6.07, 6.45) is 0.665. The molecule has 2 fully saturated rings. The van der Waals surface area contributed by atoms with Crippen molar-refractivity contribution in [2.75, 3.05) is 32.8 Å². The minimum absolute atomic E-state index is 0.0313. The quantitative estimate of drug-likeness (QED) is 0.732. The fourth-order valence-electron chi connectivity index (χ4n) is 2.44. The SMILES string of the molecule is CC(C)(C)C(=O)N[C@@H]1CN[C@H](C(=O)N2CCOCC2)C1. The molecule has 0 spiro atoms. The molecule has 2 N–H and O–H groups in total. The van der Waals surface area contributed by atoms with Crippen molar-refractivity contribution in [2.45, 2.75) is 39.3 Å². The van der Waals surface area contributed by atoms with Crippen LogP contribution in [0.2, 0.25) is 0 Å². The number of hydrogen-bond acceptors (Lipinski definition) is 4. The first-order chi connectivity index (χ1) is 9.38. The molecule has 2 amide bonds. The maximum Gasteiger partial charge on any atom is 0.239 e. The first-order valence-corrected chi connectivity index (χ1v) is 7.29. The molecule has 0 bridgehead atoms. The Morgan fingerprint density at radius 1 is 1.25 bits per heavy atom. The van der Waals surface area contributed by atoms with Crippen molar-refractivity contribution >= 4 is 11.8 Å². The van der Waals surface area contributed by atoms with Crippen LogP contribution in [0.4, 0.5) is 0 Å². The van der Waals surface area contributed by atoms with Gasteiger partial charge in [-0.2, -0.15) is 0 Å². The number of rotatable bonds is 2. The highest BCUT2D eigenvalue weighted by Crippen LogP contribution is 2.16. The van der Waals surface area contributed by atoms with E-state index in [1.807, 2.05) is 25.7 Å². The van der Waals surface area contributed by atoms with Gasteiger partial charge in [-0.3, -0.25) is 9.59 Å². The van der Waals surface area contributed by atoms with Crippen molar-refractivity contribution in [3.63, 3.8) is 0 Å². The Bertz CT molecular complexity index is 372. The zero-order chi connectivity index (χ0) is 14.8. The molecular formula is C14H25N3O3. The van der Waals surface area contributed by atoms with E-state index in [0.717, 1.165) is 0 Å². The van der Waals surface area contributed by atoms with Crippen LogP contribution >= 0.6 is 0 Å². The Kier molecular flexibility index (Phi) is 4.65. The smallest absolute Gasteiger partial charge is 0.239 e. The summed E-state index contributed by atoms with van der Waals surface area (Å²) in [5.41, 5.74) is -0.397. The largest absolute Gasteiger partial charge is 0.378 e. The Balaban J connectivity index is 1.82. The number of nitrogens with one attached hydrogen (secondary N) is 2. The number of hydrogen-bond donors (Lipinski definition) is 2. The van der Waals surface area contributed by atoms with Crippen molar-refractivity contribution in [3.05, 3.63) is 0 Å². The van der Waals surface area contributed by atoms with Gasteiger partial charge in [-0.25, -0.2) is 0 Å². The molecule has 2 heterocycles. The Hall–Kier alpha value is -1.14. The standard InChI is InChI=1S/C14H25N3O3/c1-14(2,3)13(19)16-10-8-11(15-9-10)12(18)17-4-6-20-7-5-17/h10-11,15H,4-9H2,1-3H3,(H,16,19)/t10-,11-/m0/s1. The van der Waals surface area contributed by atoms with E-state index < -0.39 is 5.41 Å². The second-order valence-electron chi connectivity index (χ2n) is 6.55. The first-order valence-electron chi connectivity index (χ1n) is 7.29. The fourth-order valence-corrected chi connectivity index (χ4v) is 2.44. The van der Waals surface area contributed by atoms with Crippen molar-refractivity contribution in [1.29, 1.82) is 0 Å². The van der Waals surface area contributed by atoms with Crippen molar-refractivity contribution < 1.29 is 14.3 Å². The van der Waals surface area contributed by atoms with Gasteiger partial charge < -0.3 is 20.3 Å². The third-order valence-electron chi connectivity index (χ3n) is 3.77. The maximum atomic E-state index is 12.3. The fraction of sp³-hybridized carbons (Fsp3) is 0.857. The van der Waals surface area contributed by atoms with E-state index in [2.05, 4.69) is 10.6 Å². The van der Waals surface area contributed by atoms with Crippen LogP contribution in [0, 0.1) is 5.41 Å². The van der Waals surface area contributed by atoms with E-state index in [4.69, 9.17) is 4.74 Å². The summed E-state index contributed by atoms with van der Waals surface area (Å²) in [6.45, 7) is 8.88. The maximum absolute atomic E-state index is 12.3. The molecule has 2 aliphatic heterocycles. The van der Waals surface area contributed by atoms with Gasteiger partial charge in [-0.15, -0.1) is 0 Å². The van der Waals surface area contributed by atoms with Gasteiger partial charge in [0.15, 0.2) is 0 Å². The molecule has 2 aliphatic rings. The van der Waals surface area contributed by atoms with Gasteiger partial charge in [-0.1, -0.05) is 20.8 Å². The predicted molar refractivity (Wildman–Crippen MR) is 75.2 cm³/mol. The molecule has 6 heteroatoms. The number of carbonyl (C=O) groups excluding carboxylic acids is 2. The Morgan fingerprint density at radius 2 is 1.90 bits per heavy atom. The monoisotopic (exact) mass is 283 g/mol. The van der Waals surface area contributed by atoms with Crippen molar-refractivity contribution in [2.24, 2.45) is 5.41 Å². The van der Waals surface area contributed by atoms with E-state index in [1.165, 1.54) is 0 Å². The van der Waals surface area contributed by atoms with E-state index in [0.29, 0.717) is 39.3 Å². The van der Waals surface area contributed by atoms with Crippen LogP contribution in [-0.4, -0.2) is 61.6 Å². The third kappa shape index (κ3) is 3.70. The van der Waals surface area contributed by atoms with Crippen LogP contribution in [0.25, 0.3) is 0 Å². The van der Waals surface area contributed by atoms with Gasteiger partial charge in [0.05, 0.1) is 19.3 Å². The van der Waals surface area contributed by atoms with E-state index >= 15 is 0 Å². The molecular weight excluding hydrogens is 258 g/mol. The normalized spacial score (nSPS) is 27.4. The Labute approximate surface area is 120 Å². The highest BCUT2D eigenvalue weighted by Gasteiger charge is 2.34. The number of morpholine rings is 1. The predicted octanol–water partition coefficient (Wildman–Crippen LogP) is -0.262. The summed E-state index contributed by atoms with van der Waals surface area (Å²) in [4.78, 5) is 26.1. The Morgan fingerprint density at radius 3 is 2.50 bits per heavy atom. The summed E-state index contributed by atoms with van der Waals surface area (Å²) in [5, 5.41) is 6.22. The summed E-state index contributed by atoms with van der Waals surface area (Å²) in [5.74, 6) is 0.157. The van der Waals surface area contributed by atoms with Gasteiger partial charge >= 0.3 is 0 Å². The molecule has 0 radical (unpaired) electrons. The second kappa shape index (κ2) is 6.10. The van der Waals surface area contributed by atoms with Crippen LogP contribution in [0.5, 0.6) is 0 Å². The summed E-state index contributed by atoms with van der Waals surface area (Å²) >= 11 is 0. The molecule has 2 saturated heterocycles. The van der Waals surface area contributed by atoms with Crippen molar-refractivity contribution in [1.82, 2.24) is 15.5 Å². The molecule has 114 valence electrons. The van der Waals surface area contributed by atoms with Gasteiger partial charge in [0.25, 0.3) is 0 Å². The number of carbonyl (C=O) groups is 2. The number of amides is 2. The van der Waals surface area contributed by atoms with Crippen molar-refractivity contribution in [3.8, 4) is 0 Å². The lowest BCUT2D eigenvalue weighted by atomic mass is 9.95.